The zero-order valence-electron chi connectivity index (χ0n) is 13.1. The Balaban J connectivity index is 2.06. The van der Waals surface area contributed by atoms with Crippen LogP contribution in [0.5, 0.6) is 0 Å². The number of benzene rings is 2. The molecule has 3 atom stereocenters. The minimum atomic E-state index is -3.47. The molecule has 3 rings (SSSR count). The van der Waals surface area contributed by atoms with Gasteiger partial charge in [-0.1, -0.05) is 48.5 Å². The first-order valence-corrected chi connectivity index (χ1v) is 9.15. The zero-order valence-corrected chi connectivity index (χ0v) is 13.9. The van der Waals surface area contributed by atoms with E-state index in [9.17, 15) is 8.42 Å². The fraction of sp³-hybridized carbons (Fsp3) is 0.333. The smallest absolute Gasteiger partial charge is 0.182 e. The van der Waals surface area contributed by atoms with Crippen molar-refractivity contribution < 1.29 is 13.2 Å². The maximum Gasteiger partial charge on any atom is 0.182 e. The van der Waals surface area contributed by atoms with E-state index in [1.807, 2.05) is 36.4 Å². The summed E-state index contributed by atoms with van der Waals surface area (Å²) in [4.78, 5) is 0.345. The molecule has 1 saturated carbocycles. The molecule has 2 aromatic rings. The highest BCUT2D eigenvalue weighted by molar-refractivity contribution is 7.92. The van der Waals surface area contributed by atoms with Crippen molar-refractivity contribution in [3.8, 4) is 0 Å². The maximum absolute atomic E-state index is 13.1. The van der Waals surface area contributed by atoms with Crippen molar-refractivity contribution in [2.45, 2.75) is 16.1 Å². The molecule has 2 aromatic carbocycles. The molecule has 5 heteroatoms. The Labute approximate surface area is 137 Å². The van der Waals surface area contributed by atoms with Gasteiger partial charge >= 0.3 is 0 Å². The van der Waals surface area contributed by atoms with Crippen molar-refractivity contribution in [1.29, 1.82) is 0 Å². The first kappa shape index (κ1) is 16.2. The average molecular weight is 331 g/mol. The largest absolute Gasteiger partial charge is 0.384 e. The fourth-order valence-corrected chi connectivity index (χ4v) is 6.07. The molecule has 0 aromatic heterocycles. The Morgan fingerprint density at radius 2 is 1.61 bits per heavy atom. The van der Waals surface area contributed by atoms with Crippen LogP contribution in [0.4, 0.5) is 0 Å². The normalized spacial score (nSPS) is 26.9. The van der Waals surface area contributed by atoms with Crippen LogP contribution in [0.2, 0.25) is 0 Å². The minimum Gasteiger partial charge on any atom is -0.384 e. The second kappa shape index (κ2) is 6.07. The quantitative estimate of drug-likeness (QED) is 0.881. The summed E-state index contributed by atoms with van der Waals surface area (Å²) in [5.41, 5.74) is 6.44. The standard InChI is InChI=1S/C18H21NO3S/c1-22-13-18(12-19)16(14-8-4-2-5-9-14)17(18)23(20,21)15-10-6-3-7-11-15/h2-11,16-17H,12-13,19H2,1H3. The van der Waals surface area contributed by atoms with Crippen LogP contribution in [-0.4, -0.2) is 33.9 Å². The molecule has 0 saturated heterocycles. The van der Waals surface area contributed by atoms with Crippen LogP contribution in [-0.2, 0) is 14.6 Å². The highest BCUT2D eigenvalue weighted by Gasteiger charge is 2.70. The summed E-state index contributed by atoms with van der Waals surface area (Å²) in [6, 6.07) is 18.3. The zero-order chi connectivity index (χ0) is 16.5. The number of methoxy groups -OCH3 is 1. The van der Waals surface area contributed by atoms with Crippen LogP contribution in [0.15, 0.2) is 65.6 Å². The maximum atomic E-state index is 13.1. The van der Waals surface area contributed by atoms with Gasteiger partial charge in [0.15, 0.2) is 9.84 Å². The van der Waals surface area contributed by atoms with E-state index in [1.165, 1.54) is 0 Å². The molecule has 1 aliphatic carbocycles. The fourth-order valence-electron chi connectivity index (χ4n) is 3.61. The molecule has 0 amide bonds. The van der Waals surface area contributed by atoms with Crippen LogP contribution in [0.25, 0.3) is 0 Å². The number of nitrogens with two attached hydrogens (primary N) is 1. The van der Waals surface area contributed by atoms with E-state index in [-0.39, 0.29) is 12.5 Å². The van der Waals surface area contributed by atoms with Crippen LogP contribution in [0.3, 0.4) is 0 Å². The van der Waals surface area contributed by atoms with Crippen LogP contribution in [0, 0.1) is 5.41 Å². The molecule has 1 aliphatic rings. The van der Waals surface area contributed by atoms with E-state index in [0.29, 0.717) is 11.5 Å². The summed E-state index contributed by atoms with van der Waals surface area (Å²) in [5, 5.41) is -0.551. The Morgan fingerprint density at radius 1 is 1.04 bits per heavy atom. The van der Waals surface area contributed by atoms with Gasteiger partial charge in [-0.25, -0.2) is 8.42 Å². The van der Waals surface area contributed by atoms with Crippen molar-refractivity contribution in [3.63, 3.8) is 0 Å². The summed E-state index contributed by atoms with van der Waals surface area (Å²) in [6.07, 6.45) is 0. The molecule has 0 aliphatic heterocycles. The lowest BCUT2D eigenvalue weighted by Gasteiger charge is -2.14. The van der Waals surface area contributed by atoms with Crippen LogP contribution < -0.4 is 5.73 Å². The highest BCUT2D eigenvalue weighted by Crippen LogP contribution is 2.63. The van der Waals surface area contributed by atoms with Gasteiger partial charge in [0.2, 0.25) is 0 Å². The van der Waals surface area contributed by atoms with E-state index in [0.717, 1.165) is 5.56 Å². The van der Waals surface area contributed by atoms with E-state index in [1.54, 1.807) is 31.4 Å². The Bertz CT molecular complexity index is 761. The monoisotopic (exact) mass is 331 g/mol. The predicted octanol–water partition coefficient (Wildman–Crippen LogP) is 2.22. The molecular weight excluding hydrogens is 310 g/mol. The summed E-state index contributed by atoms with van der Waals surface area (Å²) in [5.74, 6) is -0.140. The Hall–Kier alpha value is -1.69. The second-order valence-corrected chi connectivity index (χ2v) is 8.11. The molecule has 0 heterocycles. The number of sulfone groups is 1. The first-order chi connectivity index (χ1) is 11.1. The van der Waals surface area contributed by atoms with Crippen LogP contribution in [0.1, 0.15) is 11.5 Å². The van der Waals surface area contributed by atoms with E-state index < -0.39 is 20.5 Å². The van der Waals surface area contributed by atoms with Crippen molar-refractivity contribution in [1.82, 2.24) is 0 Å². The number of hydrogen-bond donors (Lipinski definition) is 1. The lowest BCUT2D eigenvalue weighted by Crippen LogP contribution is -2.28. The van der Waals surface area contributed by atoms with Gasteiger partial charge in [-0.2, -0.15) is 0 Å². The number of hydrogen-bond acceptors (Lipinski definition) is 4. The topological polar surface area (TPSA) is 69.4 Å². The van der Waals surface area contributed by atoms with Gasteiger partial charge in [-0.15, -0.1) is 0 Å². The first-order valence-electron chi connectivity index (χ1n) is 7.61. The van der Waals surface area contributed by atoms with Gasteiger partial charge in [0.25, 0.3) is 0 Å². The third kappa shape index (κ3) is 2.59. The van der Waals surface area contributed by atoms with Gasteiger partial charge in [0, 0.05) is 25.0 Å². The third-order valence-electron chi connectivity index (χ3n) is 4.74. The van der Waals surface area contributed by atoms with Gasteiger partial charge in [-0.05, 0) is 17.7 Å². The molecule has 2 N–H and O–H groups in total. The molecule has 0 spiro atoms. The van der Waals surface area contributed by atoms with E-state index in [2.05, 4.69) is 0 Å². The van der Waals surface area contributed by atoms with Gasteiger partial charge in [0.1, 0.15) is 0 Å². The van der Waals surface area contributed by atoms with Crippen LogP contribution >= 0.6 is 0 Å². The Morgan fingerprint density at radius 3 is 2.13 bits per heavy atom. The molecule has 0 bridgehead atoms. The molecule has 4 nitrogen and oxygen atoms in total. The third-order valence-corrected chi connectivity index (χ3v) is 7.08. The summed E-state index contributed by atoms with van der Waals surface area (Å²) < 4.78 is 31.6. The van der Waals surface area contributed by atoms with Gasteiger partial charge < -0.3 is 10.5 Å². The minimum absolute atomic E-state index is 0.140. The average Bonchev–Trinajstić information content (AvgIpc) is 3.27. The second-order valence-electron chi connectivity index (χ2n) is 6.04. The molecule has 1 fully saturated rings. The summed E-state index contributed by atoms with van der Waals surface area (Å²) >= 11 is 0. The van der Waals surface area contributed by atoms with E-state index in [4.69, 9.17) is 10.5 Å². The van der Waals surface area contributed by atoms with E-state index >= 15 is 0 Å². The molecule has 3 unspecified atom stereocenters. The molecular formula is C18H21NO3S. The number of rotatable bonds is 6. The van der Waals surface area contributed by atoms with Crippen molar-refractivity contribution in [2.24, 2.45) is 11.1 Å². The predicted molar refractivity (Wildman–Crippen MR) is 90.0 cm³/mol. The van der Waals surface area contributed by atoms with Gasteiger partial charge in [-0.3, -0.25) is 0 Å². The Kier molecular flexibility index (Phi) is 4.27. The van der Waals surface area contributed by atoms with Crippen molar-refractivity contribution in [3.05, 3.63) is 66.2 Å². The van der Waals surface area contributed by atoms with Gasteiger partial charge in [0.05, 0.1) is 16.8 Å². The summed E-state index contributed by atoms with van der Waals surface area (Å²) in [7, 11) is -1.88. The van der Waals surface area contributed by atoms with Crippen molar-refractivity contribution >= 4 is 9.84 Å². The molecule has 122 valence electrons. The highest BCUT2D eigenvalue weighted by atomic mass is 32.2. The molecule has 23 heavy (non-hydrogen) atoms. The molecule has 0 radical (unpaired) electrons. The SMILES string of the molecule is COCC1(CN)C(c2ccccc2)C1S(=O)(=O)c1ccccc1. The lowest BCUT2D eigenvalue weighted by atomic mass is 10.0. The van der Waals surface area contributed by atoms with Crippen molar-refractivity contribution in [2.75, 3.05) is 20.3 Å². The lowest BCUT2D eigenvalue weighted by molar-refractivity contribution is 0.142. The summed E-state index contributed by atoms with van der Waals surface area (Å²) in [6.45, 7) is 0.608. The number of ether oxygens (including phenoxy) is 1.